The Kier molecular flexibility index (Phi) is 4.62. The van der Waals surface area contributed by atoms with Crippen LogP contribution in [0.3, 0.4) is 0 Å². The lowest BCUT2D eigenvalue weighted by molar-refractivity contribution is 0.227. The third-order valence-corrected chi connectivity index (χ3v) is 4.49. The van der Waals surface area contributed by atoms with Crippen LogP contribution in [-0.2, 0) is 6.54 Å². The first kappa shape index (κ1) is 16.7. The van der Waals surface area contributed by atoms with Crippen LogP contribution >= 0.6 is 0 Å². The van der Waals surface area contributed by atoms with Crippen LogP contribution in [0.5, 0.6) is 0 Å². The van der Waals surface area contributed by atoms with Crippen molar-refractivity contribution in [2.75, 3.05) is 31.1 Å². The molecule has 0 unspecified atom stereocenters. The average molecular weight is 356 g/mol. The molecule has 0 N–H and O–H groups in total. The number of rotatable bonds is 4. The molecule has 26 heavy (non-hydrogen) atoms. The van der Waals surface area contributed by atoms with Crippen LogP contribution in [0, 0.1) is 11.6 Å². The highest BCUT2D eigenvalue weighted by Crippen LogP contribution is 2.22. The summed E-state index contributed by atoms with van der Waals surface area (Å²) < 4.78 is 32.5. The molecule has 1 aliphatic heterocycles. The van der Waals surface area contributed by atoms with Crippen LogP contribution in [-0.4, -0.2) is 41.3 Å². The maximum Gasteiger partial charge on any atom is 0.250 e. The van der Waals surface area contributed by atoms with Crippen LogP contribution < -0.4 is 4.90 Å². The standard InChI is InChI=1S/C19H18F2N4O/c20-14-5-7-15(8-6-14)25-11-9-24(10-12-25)13-18-22-23-19(26-18)16-3-1-2-4-17(16)21/h1-8H,9-13H2. The van der Waals surface area contributed by atoms with Gasteiger partial charge in [0.05, 0.1) is 12.1 Å². The molecule has 3 aromatic rings. The van der Waals surface area contributed by atoms with Crippen LogP contribution in [0.4, 0.5) is 14.5 Å². The van der Waals surface area contributed by atoms with Crippen LogP contribution in [0.15, 0.2) is 52.9 Å². The summed E-state index contributed by atoms with van der Waals surface area (Å²) in [5, 5.41) is 7.99. The van der Waals surface area contributed by atoms with Crippen molar-refractivity contribution in [2.45, 2.75) is 6.54 Å². The fourth-order valence-electron chi connectivity index (χ4n) is 3.07. The molecule has 0 atom stereocenters. The first-order chi connectivity index (χ1) is 12.7. The van der Waals surface area contributed by atoms with Crippen molar-refractivity contribution < 1.29 is 13.2 Å². The fourth-order valence-corrected chi connectivity index (χ4v) is 3.07. The van der Waals surface area contributed by atoms with Gasteiger partial charge in [-0.15, -0.1) is 10.2 Å². The van der Waals surface area contributed by atoms with E-state index in [-0.39, 0.29) is 17.5 Å². The molecule has 2 heterocycles. The van der Waals surface area contributed by atoms with Gasteiger partial charge in [-0.3, -0.25) is 4.90 Å². The van der Waals surface area contributed by atoms with Crippen molar-refractivity contribution in [3.63, 3.8) is 0 Å². The zero-order chi connectivity index (χ0) is 17.9. The molecule has 0 saturated carbocycles. The van der Waals surface area contributed by atoms with Crippen LogP contribution in [0.2, 0.25) is 0 Å². The van der Waals surface area contributed by atoms with Gasteiger partial charge < -0.3 is 9.32 Å². The Labute approximate surface area is 149 Å². The third-order valence-electron chi connectivity index (χ3n) is 4.49. The highest BCUT2D eigenvalue weighted by Gasteiger charge is 2.20. The molecular formula is C19H18F2N4O. The second-order valence-electron chi connectivity index (χ2n) is 6.22. The first-order valence-corrected chi connectivity index (χ1v) is 8.49. The lowest BCUT2D eigenvalue weighted by atomic mass is 10.2. The van der Waals surface area contributed by atoms with Crippen molar-refractivity contribution >= 4 is 5.69 Å². The van der Waals surface area contributed by atoms with Gasteiger partial charge in [0.2, 0.25) is 5.89 Å². The molecule has 0 amide bonds. The molecule has 0 radical (unpaired) electrons. The molecule has 0 spiro atoms. The summed E-state index contributed by atoms with van der Waals surface area (Å²) in [6.45, 7) is 3.85. The van der Waals surface area contributed by atoms with E-state index >= 15 is 0 Å². The summed E-state index contributed by atoms with van der Waals surface area (Å²) in [6, 6.07) is 12.9. The average Bonchev–Trinajstić information content (AvgIpc) is 3.12. The van der Waals surface area contributed by atoms with E-state index in [0.29, 0.717) is 18.0 Å². The molecule has 1 fully saturated rings. The second kappa shape index (κ2) is 7.21. The number of piperazine rings is 1. The normalized spacial score (nSPS) is 15.4. The molecule has 4 rings (SSSR count). The minimum atomic E-state index is -0.379. The maximum atomic E-state index is 13.8. The van der Waals surface area contributed by atoms with E-state index in [9.17, 15) is 8.78 Å². The number of benzene rings is 2. The van der Waals surface area contributed by atoms with Crippen molar-refractivity contribution in [3.8, 4) is 11.5 Å². The molecule has 0 bridgehead atoms. The predicted octanol–water partition coefficient (Wildman–Crippen LogP) is 3.34. The summed E-state index contributed by atoms with van der Waals surface area (Å²) in [7, 11) is 0. The van der Waals surface area contributed by atoms with E-state index < -0.39 is 0 Å². The van der Waals surface area contributed by atoms with Gasteiger partial charge in [-0.25, -0.2) is 8.78 Å². The monoisotopic (exact) mass is 356 g/mol. The van der Waals surface area contributed by atoms with Crippen molar-refractivity contribution in [1.82, 2.24) is 15.1 Å². The Morgan fingerprint density at radius 2 is 1.62 bits per heavy atom. The smallest absolute Gasteiger partial charge is 0.250 e. The maximum absolute atomic E-state index is 13.8. The minimum absolute atomic E-state index is 0.197. The lowest BCUT2D eigenvalue weighted by Gasteiger charge is -2.35. The van der Waals surface area contributed by atoms with Gasteiger partial charge in [-0.2, -0.15) is 0 Å². The second-order valence-corrected chi connectivity index (χ2v) is 6.22. The fraction of sp³-hybridized carbons (Fsp3) is 0.263. The molecule has 1 saturated heterocycles. The van der Waals surface area contributed by atoms with Gasteiger partial charge >= 0.3 is 0 Å². The van der Waals surface area contributed by atoms with Gasteiger partial charge in [0.1, 0.15) is 11.6 Å². The molecule has 2 aromatic carbocycles. The van der Waals surface area contributed by atoms with Crippen LogP contribution in [0.25, 0.3) is 11.5 Å². The Balaban J connectivity index is 1.36. The Hall–Kier alpha value is -2.80. The first-order valence-electron chi connectivity index (χ1n) is 8.49. The Morgan fingerprint density at radius 3 is 2.35 bits per heavy atom. The van der Waals surface area contributed by atoms with Gasteiger partial charge in [-0.05, 0) is 36.4 Å². The van der Waals surface area contributed by atoms with E-state index in [1.54, 1.807) is 30.3 Å². The summed E-state index contributed by atoms with van der Waals surface area (Å²) in [6.07, 6.45) is 0. The number of halogens is 2. The Bertz CT molecular complexity index is 873. The Morgan fingerprint density at radius 1 is 0.885 bits per heavy atom. The van der Waals surface area contributed by atoms with Crippen molar-refractivity contribution in [3.05, 3.63) is 66.1 Å². The van der Waals surface area contributed by atoms with E-state index in [4.69, 9.17) is 4.42 Å². The minimum Gasteiger partial charge on any atom is -0.419 e. The van der Waals surface area contributed by atoms with E-state index in [1.165, 1.54) is 18.2 Å². The molecule has 134 valence electrons. The quantitative estimate of drug-likeness (QED) is 0.717. The molecule has 1 aliphatic rings. The van der Waals surface area contributed by atoms with Gasteiger partial charge in [0.15, 0.2) is 0 Å². The zero-order valence-electron chi connectivity index (χ0n) is 14.1. The third kappa shape index (κ3) is 3.57. The largest absolute Gasteiger partial charge is 0.419 e. The van der Waals surface area contributed by atoms with Crippen molar-refractivity contribution in [2.24, 2.45) is 0 Å². The highest BCUT2D eigenvalue weighted by molar-refractivity contribution is 5.53. The van der Waals surface area contributed by atoms with Gasteiger partial charge in [-0.1, -0.05) is 12.1 Å². The number of aromatic nitrogens is 2. The highest BCUT2D eigenvalue weighted by atomic mass is 19.1. The lowest BCUT2D eigenvalue weighted by Crippen LogP contribution is -2.46. The number of hydrogen-bond acceptors (Lipinski definition) is 5. The zero-order valence-corrected chi connectivity index (χ0v) is 14.1. The summed E-state index contributed by atoms with van der Waals surface area (Å²) in [5.74, 6) is 0.0617. The number of anilines is 1. The predicted molar refractivity (Wildman–Crippen MR) is 93.6 cm³/mol. The number of hydrogen-bond donors (Lipinski definition) is 0. The molecule has 7 heteroatoms. The van der Waals surface area contributed by atoms with E-state index in [1.807, 2.05) is 0 Å². The van der Waals surface area contributed by atoms with Gasteiger partial charge in [0, 0.05) is 31.9 Å². The SMILES string of the molecule is Fc1ccc(N2CCN(Cc3nnc(-c4ccccc4F)o3)CC2)cc1. The molecule has 1 aromatic heterocycles. The molecular weight excluding hydrogens is 338 g/mol. The van der Waals surface area contributed by atoms with Gasteiger partial charge in [0.25, 0.3) is 5.89 Å². The number of nitrogens with zero attached hydrogens (tertiary/aromatic N) is 4. The summed E-state index contributed by atoms with van der Waals surface area (Å²) in [5.41, 5.74) is 1.33. The topological polar surface area (TPSA) is 45.4 Å². The molecule has 0 aliphatic carbocycles. The van der Waals surface area contributed by atoms with Crippen LogP contribution in [0.1, 0.15) is 5.89 Å². The summed E-state index contributed by atoms with van der Waals surface area (Å²) >= 11 is 0. The summed E-state index contributed by atoms with van der Waals surface area (Å²) in [4.78, 5) is 4.42. The van der Waals surface area contributed by atoms with Crippen molar-refractivity contribution in [1.29, 1.82) is 0 Å². The molecule has 5 nitrogen and oxygen atoms in total. The van der Waals surface area contributed by atoms with E-state index in [0.717, 1.165) is 31.9 Å². The van der Waals surface area contributed by atoms with E-state index in [2.05, 4.69) is 20.0 Å².